The molecule has 4 heteroatoms. The summed E-state index contributed by atoms with van der Waals surface area (Å²) < 4.78 is 0. The van der Waals surface area contributed by atoms with E-state index in [2.05, 4.69) is 0 Å². The third kappa shape index (κ3) is 4.58. The Bertz CT molecular complexity index is 256. The van der Waals surface area contributed by atoms with Crippen molar-refractivity contribution in [2.24, 2.45) is 17.6 Å². The molecule has 4 nitrogen and oxygen atoms in total. The molecular weight excluding hydrogens is 228 g/mol. The van der Waals surface area contributed by atoms with Gasteiger partial charge in [0, 0.05) is 19.7 Å². The summed E-state index contributed by atoms with van der Waals surface area (Å²) in [7, 11) is 0. The van der Waals surface area contributed by atoms with E-state index in [-0.39, 0.29) is 24.5 Å². The van der Waals surface area contributed by atoms with Crippen molar-refractivity contribution in [3.8, 4) is 0 Å². The molecule has 1 amide bonds. The number of unbranched alkanes of at least 4 members (excludes halogenated alkanes) is 1. The monoisotopic (exact) mass is 256 g/mol. The molecule has 3 N–H and O–H groups in total. The number of hydrogen-bond donors (Lipinski definition) is 2. The van der Waals surface area contributed by atoms with Crippen LogP contribution in [0.15, 0.2) is 0 Å². The number of aliphatic hydroxyl groups excluding tert-OH is 1. The lowest BCUT2D eigenvalue weighted by molar-refractivity contribution is -0.135. The molecule has 0 unspecified atom stereocenters. The first-order chi connectivity index (χ1) is 8.56. The minimum absolute atomic E-state index is 0.108. The van der Waals surface area contributed by atoms with Crippen LogP contribution in [0.5, 0.6) is 0 Å². The first kappa shape index (κ1) is 15.4. The van der Waals surface area contributed by atoms with E-state index in [0.29, 0.717) is 5.92 Å². The molecule has 0 saturated carbocycles. The van der Waals surface area contributed by atoms with E-state index in [1.54, 1.807) is 0 Å². The molecule has 1 aliphatic rings. The van der Waals surface area contributed by atoms with Crippen molar-refractivity contribution in [1.82, 2.24) is 4.90 Å². The second kappa shape index (κ2) is 7.74. The van der Waals surface area contributed by atoms with Crippen LogP contribution in [0.3, 0.4) is 0 Å². The SMILES string of the molecule is CC(C)[C@H](N)C(=O)N1CCC[C@@H](CCCCO)C1. The molecule has 2 atom stereocenters. The van der Waals surface area contributed by atoms with Crippen LogP contribution < -0.4 is 5.73 Å². The van der Waals surface area contributed by atoms with E-state index >= 15 is 0 Å². The van der Waals surface area contributed by atoms with Crippen LogP contribution in [0, 0.1) is 11.8 Å². The van der Waals surface area contributed by atoms with Gasteiger partial charge in [0.05, 0.1) is 6.04 Å². The van der Waals surface area contributed by atoms with Crippen LogP contribution in [0.4, 0.5) is 0 Å². The van der Waals surface area contributed by atoms with Crippen molar-refractivity contribution in [2.45, 2.75) is 52.0 Å². The van der Waals surface area contributed by atoms with Crippen molar-refractivity contribution >= 4 is 5.91 Å². The zero-order valence-electron chi connectivity index (χ0n) is 11.8. The normalized spacial score (nSPS) is 22.3. The molecule has 1 heterocycles. The van der Waals surface area contributed by atoms with Gasteiger partial charge in [0.25, 0.3) is 0 Å². The second-order valence-electron chi connectivity index (χ2n) is 5.78. The maximum atomic E-state index is 12.2. The minimum Gasteiger partial charge on any atom is -0.396 e. The standard InChI is InChI=1S/C14H28N2O2/c1-11(2)13(15)14(18)16-8-5-7-12(10-16)6-3-4-9-17/h11-13,17H,3-10,15H2,1-2H3/t12-,13+/m1/s1. The molecule has 1 aliphatic heterocycles. The lowest BCUT2D eigenvalue weighted by atomic mass is 9.92. The minimum atomic E-state index is -0.360. The Balaban J connectivity index is 2.40. The molecule has 1 saturated heterocycles. The van der Waals surface area contributed by atoms with Crippen molar-refractivity contribution in [3.63, 3.8) is 0 Å². The zero-order chi connectivity index (χ0) is 13.5. The number of aliphatic hydroxyl groups is 1. The second-order valence-corrected chi connectivity index (χ2v) is 5.78. The first-order valence-electron chi connectivity index (χ1n) is 7.21. The van der Waals surface area contributed by atoms with Gasteiger partial charge >= 0.3 is 0 Å². The first-order valence-corrected chi connectivity index (χ1v) is 7.21. The lowest BCUT2D eigenvalue weighted by Crippen LogP contribution is -2.50. The lowest BCUT2D eigenvalue weighted by Gasteiger charge is -2.35. The van der Waals surface area contributed by atoms with Gasteiger partial charge in [-0.15, -0.1) is 0 Å². The maximum Gasteiger partial charge on any atom is 0.239 e. The molecule has 0 aromatic heterocycles. The number of carbonyl (C=O) groups excluding carboxylic acids is 1. The molecule has 0 radical (unpaired) electrons. The van der Waals surface area contributed by atoms with Gasteiger partial charge in [0.1, 0.15) is 0 Å². The Labute approximate surface area is 111 Å². The number of rotatable bonds is 6. The molecule has 0 aromatic rings. The predicted octanol–water partition coefficient (Wildman–Crippen LogP) is 1.37. The molecule has 106 valence electrons. The highest BCUT2D eigenvalue weighted by Gasteiger charge is 2.28. The highest BCUT2D eigenvalue weighted by molar-refractivity contribution is 5.82. The third-order valence-electron chi connectivity index (χ3n) is 3.85. The van der Waals surface area contributed by atoms with Crippen LogP contribution in [-0.4, -0.2) is 41.7 Å². The Kier molecular flexibility index (Phi) is 6.65. The molecule has 0 aromatic carbocycles. The number of carbonyl (C=O) groups is 1. The average molecular weight is 256 g/mol. The summed E-state index contributed by atoms with van der Waals surface area (Å²) in [6.45, 7) is 5.96. The Morgan fingerprint density at radius 3 is 2.78 bits per heavy atom. The summed E-state index contributed by atoms with van der Waals surface area (Å²) in [6, 6.07) is -0.360. The number of amides is 1. The quantitative estimate of drug-likeness (QED) is 0.705. The molecule has 0 aliphatic carbocycles. The van der Waals surface area contributed by atoms with E-state index in [1.807, 2.05) is 18.7 Å². The van der Waals surface area contributed by atoms with Crippen molar-refractivity contribution in [3.05, 3.63) is 0 Å². The van der Waals surface area contributed by atoms with Crippen molar-refractivity contribution < 1.29 is 9.90 Å². The number of hydrogen-bond acceptors (Lipinski definition) is 3. The van der Waals surface area contributed by atoms with Crippen LogP contribution in [0.1, 0.15) is 46.0 Å². The summed E-state index contributed by atoms with van der Waals surface area (Å²) in [5.74, 6) is 0.901. The van der Waals surface area contributed by atoms with E-state index in [4.69, 9.17) is 10.8 Å². The number of nitrogens with zero attached hydrogens (tertiary/aromatic N) is 1. The smallest absolute Gasteiger partial charge is 0.239 e. The van der Waals surface area contributed by atoms with Gasteiger partial charge < -0.3 is 15.7 Å². The van der Waals surface area contributed by atoms with E-state index in [9.17, 15) is 4.79 Å². The molecular formula is C14H28N2O2. The van der Waals surface area contributed by atoms with Gasteiger partial charge in [-0.1, -0.05) is 20.3 Å². The number of likely N-dealkylation sites (tertiary alicyclic amines) is 1. The maximum absolute atomic E-state index is 12.2. The third-order valence-corrected chi connectivity index (χ3v) is 3.85. The molecule has 1 rings (SSSR count). The van der Waals surface area contributed by atoms with Crippen molar-refractivity contribution in [2.75, 3.05) is 19.7 Å². The Morgan fingerprint density at radius 2 is 2.17 bits per heavy atom. The van der Waals surface area contributed by atoms with Gasteiger partial charge in [-0.2, -0.15) is 0 Å². The van der Waals surface area contributed by atoms with Gasteiger partial charge in [-0.25, -0.2) is 0 Å². The van der Waals surface area contributed by atoms with Gasteiger partial charge in [0.15, 0.2) is 0 Å². The highest BCUT2D eigenvalue weighted by Crippen LogP contribution is 2.22. The summed E-state index contributed by atoms with van der Waals surface area (Å²) in [6.07, 6.45) is 5.32. The van der Waals surface area contributed by atoms with Crippen LogP contribution in [0.25, 0.3) is 0 Å². The molecule has 0 spiro atoms. The zero-order valence-corrected chi connectivity index (χ0v) is 11.8. The van der Waals surface area contributed by atoms with Crippen LogP contribution in [0.2, 0.25) is 0 Å². The summed E-state index contributed by atoms with van der Waals surface area (Å²) in [5.41, 5.74) is 5.93. The number of piperidine rings is 1. The van der Waals surface area contributed by atoms with E-state index in [0.717, 1.165) is 38.8 Å². The fourth-order valence-electron chi connectivity index (χ4n) is 2.54. The van der Waals surface area contributed by atoms with Crippen molar-refractivity contribution in [1.29, 1.82) is 0 Å². The van der Waals surface area contributed by atoms with E-state index < -0.39 is 0 Å². The molecule has 18 heavy (non-hydrogen) atoms. The largest absolute Gasteiger partial charge is 0.396 e. The summed E-state index contributed by atoms with van der Waals surface area (Å²) >= 11 is 0. The summed E-state index contributed by atoms with van der Waals surface area (Å²) in [4.78, 5) is 14.1. The van der Waals surface area contributed by atoms with Gasteiger partial charge in [-0.05, 0) is 37.5 Å². The predicted molar refractivity (Wildman–Crippen MR) is 73.1 cm³/mol. The highest BCUT2D eigenvalue weighted by atomic mass is 16.2. The van der Waals surface area contributed by atoms with Crippen LogP contribution in [-0.2, 0) is 4.79 Å². The van der Waals surface area contributed by atoms with E-state index in [1.165, 1.54) is 6.42 Å². The Hall–Kier alpha value is -0.610. The summed E-state index contributed by atoms with van der Waals surface area (Å²) in [5, 5.41) is 8.79. The molecule has 1 fully saturated rings. The Morgan fingerprint density at radius 1 is 1.44 bits per heavy atom. The van der Waals surface area contributed by atoms with Crippen LogP contribution >= 0.6 is 0 Å². The van der Waals surface area contributed by atoms with Gasteiger partial charge in [0.2, 0.25) is 5.91 Å². The average Bonchev–Trinajstić information content (AvgIpc) is 2.37. The fourth-order valence-corrected chi connectivity index (χ4v) is 2.54. The number of nitrogens with two attached hydrogens (primary N) is 1. The topological polar surface area (TPSA) is 66.6 Å². The fraction of sp³-hybridized carbons (Fsp3) is 0.929. The molecule has 0 bridgehead atoms. The van der Waals surface area contributed by atoms with Gasteiger partial charge in [-0.3, -0.25) is 4.79 Å².